The van der Waals surface area contributed by atoms with Crippen LogP contribution in [0.1, 0.15) is 15.9 Å². The topological polar surface area (TPSA) is 89.6 Å². The number of carboxylic acid groups (broad SMARTS) is 1. The van der Waals surface area contributed by atoms with Crippen LogP contribution in [0.15, 0.2) is 24.3 Å². The van der Waals surface area contributed by atoms with Gasteiger partial charge in [0, 0.05) is 0 Å². The van der Waals surface area contributed by atoms with Gasteiger partial charge in [0.25, 0.3) is 0 Å². The lowest BCUT2D eigenvalue weighted by molar-refractivity contribution is -0.138. The summed E-state index contributed by atoms with van der Waals surface area (Å²) in [7, 11) is 1.27. The average molecular weight is 223 g/mol. The predicted octanol–water partition coefficient (Wildman–Crippen LogP) is 0.428. The zero-order valence-electron chi connectivity index (χ0n) is 8.84. The number of carbonyl (C=O) groups excluding carboxylic acids is 1. The number of hydrogen-bond donors (Lipinski definition) is 2. The molecule has 0 amide bonds. The summed E-state index contributed by atoms with van der Waals surface area (Å²) >= 11 is 0. The Morgan fingerprint density at radius 1 is 1.44 bits per heavy atom. The third kappa shape index (κ3) is 2.80. The van der Waals surface area contributed by atoms with E-state index in [4.69, 9.17) is 10.8 Å². The second-order valence-electron chi connectivity index (χ2n) is 3.30. The normalized spacial score (nSPS) is 11.9. The van der Waals surface area contributed by atoms with Crippen molar-refractivity contribution in [2.45, 2.75) is 12.5 Å². The van der Waals surface area contributed by atoms with Crippen molar-refractivity contribution in [1.29, 1.82) is 0 Å². The van der Waals surface area contributed by atoms with Crippen LogP contribution in [0.2, 0.25) is 0 Å². The van der Waals surface area contributed by atoms with Crippen molar-refractivity contribution >= 4 is 11.9 Å². The van der Waals surface area contributed by atoms with E-state index in [0.717, 1.165) is 0 Å². The molecule has 0 aliphatic carbocycles. The molecule has 3 N–H and O–H groups in total. The van der Waals surface area contributed by atoms with Gasteiger partial charge in [-0.15, -0.1) is 0 Å². The summed E-state index contributed by atoms with van der Waals surface area (Å²) in [5.74, 6) is -1.59. The highest BCUT2D eigenvalue weighted by Gasteiger charge is 2.17. The van der Waals surface area contributed by atoms with Gasteiger partial charge in [-0.05, 0) is 18.1 Å². The summed E-state index contributed by atoms with van der Waals surface area (Å²) in [6, 6.07) is 5.62. The third-order valence-electron chi connectivity index (χ3n) is 2.18. The summed E-state index contributed by atoms with van der Waals surface area (Å²) in [6.45, 7) is 0. The van der Waals surface area contributed by atoms with Gasteiger partial charge in [0.15, 0.2) is 0 Å². The molecule has 1 aromatic rings. The summed E-state index contributed by atoms with van der Waals surface area (Å²) in [5, 5.41) is 8.69. The second-order valence-corrected chi connectivity index (χ2v) is 3.30. The Labute approximate surface area is 92.8 Å². The maximum atomic E-state index is 11.4. The summed E-state index contributed by atoms with van der Waals surface area (Å²) in [4.78, 5) is 22.0. The number of hydrogen-bond acceptors (Lipinski definition) is 4. The molecular weight excluding hydrogens is 210 g/mol. The lowest BCUT2D eigenvalue weighted by Crippen LogP contribution is -2.32. The first-order chi connectivity index (χ1) is 7.56. The fraction of sp³-hybridized carbons (Fsp3) is 0.273. The monoisotopic (exact) mass is 223 g/mol. The van der Waals surface area contributed by atoms with E-state index in [1.165, 1.54) is 7.11 Å². The molecule has 86 valence electrons. The lowest BCUT2D eigenvalue weighted by atomic mass is 10.0. The van der Waals surface area contributed by atoms with E-state index in [1.807, 2.05) is 0 Å². The van der Waals surface area contributed by atoms with Gasteiger partial charge in [-0.3, -0.25) is 4.79 Å². The van der Waals surface area contributed by atoms with Gasteiger partial charge in [0.2, 0.25) is 0 Å². The van der Waals surface area contributed by atoms with Crippen LogP contribution in [-0.4, -0.2) is 30.2 Å². The molecule has 0 fully saturated rings. The molecule has 0 radical (unpaired) electrons. The van der Waals surface area contributed by atoms with E-state index in [2.05, 4.69) is 4.74 Å². The lowest BCUT2D eigenvalue weighted by Gasteiger charge is -2.10. The predicted molar refractivity (Wildman–Crippen MR) is 57.1 cm³/mol. The number of carboxylic acids is 1. The standard InChI is InChI=1S/C11H13NO4/c1-16-11(15)8-5-3-2-4-7(8)6-9(12)10(13)14/h2-5,9H,6,12H2,1H3,(H,13,14). The second kappa shape index (κ2) is 5.27. The van der Waals surface area contributed by atoms with Gasteiger partial charge >= 0.3 is 11.9 Å². The molecule has 0 saturated carbocycles. The smallest absolute Gasteiger partial charge is 0.338 e. The molecule has 0 aliphatic heterocycles. The number of nitrogens with two attached hydrogens (primary N) is 1. The van der Waals surface area contributed by atoms with Crippen molar-refractivity contribution in [2.75, 3.05) is 7.11 Å². The maximum absolute atomic E-state index is 11.4. The number of rotatable bonds is 4. The number of methoxy groups -OCH3 is 1. The molecule has 16 heavy (non-hydrogen) atoms. The molecule has 1 aromatic carbocycles. The van der Waals surface area contributed by atoms with Gasteiger partial charge in [0.05, 0.1) is 12.7 Å². The fourth-order valence-corrected chi connectivity index (χ4v) is 1.33. The minimum atomic E-state index is -1.10. The minimum Gasteiger partial charge on any atom is -0.480 e. The Kier molecular flexibility index (Phi) is 4.02. The molecule has 5 nitrogen and oxygen atoms in total. The fourth-order valence-electron chi connectivity index (χ4n) is 1.33. The van der Waals surface area contributed by atoms with E-state index in [-0.39, 0.29) is 6.42 Å². The van der Waals surface area contributed by atoms with E-state index < -0.39 is 18.0 Å². The average Bonchev–Trinajstić information content (AvgIpc) is 2.28. The first-order valence-corrected chi connectivity index (χ1v) is 4.71. The van der Waals surface area contributed by atoms with Gasteiger partial charge in [-0.25, -0.2) is 4.79 Å². The molecule has 0 bridgehead atoms. The summed E-state index contributed by atoms with van der Waals surface area (Å²) in [6.07, 6.45) is 0.0978. The largest absolute Gasteiger partial charge is 0.480 e. The Morgan fingerprint density at radius 3 is 2.62 bits per heavy atom. The van der Waals surface area contributed by atoms with Crippen molar-refractivity contribution in [3.63, 3.8) is 0 Å². The van der Waals surface area contributed by atoms with Crippen molar-refractivity contribution in [3.8, 4) is 0 Å². The van der Waals surface area contributed by atoms with Crippen LogP contribution in [0.3, 0.4) is 0 Å². The van der Waals surface area contributed by atoms with Crippen LogP contribution in [0.4, 0.5) is 0 Å². The molecule has 1 unspecified atom stereocenters. The maximum Gasteiger partial charge on any atom is 0.338 e. The molecule has 0 heterocycles. The van der Waals surface area contributed by atoms with Gasteiger partial charge in [0.1, 0.15) is 6.04 Å². The highest BCUT2D eigenvalue weighted by Crippen LogP contribution is 2.12. The highest BCUT2D eigenvalue weighted by atomic mass is 16.5. The van der Waals surface area contributed by atoms with Gasteiger partial charge in [-0.1, -0.05) is 18.2 Å². The number of aliphatic carboxylic acids is 1. The Bertz CT molecular complexity index is 403. The molecular formula is C11H13NO4. The third-order valence-corrected chi connectivity index (χ3v) is 2.18. The molecule has 1 atom stereocenters. The quantitative estimate of drug-likeness (QED) is 0.722. The first-order valence-electron chi connectivity index (χ1n) is 4.71. The zero-order valence-corrected chi connectivity index (χ0v) is 8.84. The van der Waals surface area contributed by atoms with E-state index >= 15 is 0 Å². The SMILES string of the molecule is COC(=O)c1ccccc1CC(N)C(=O)O. The van der Waals surface area contributed by atoms with Gasteiger partial charge in [-0.2, -0.15) is 0 Å². The molecule has 1 rings (SSSR count). The Hall–Kier alpha value is -1.88. The number of esters is 1. The first kappa shape index (κ1) is 12.2. The Balaban J connectivity index is 2.95. The van der Waals surface area contributed by atoms with E-state index in [0.29, 0.717) is 11.1 Å². The number of carbonyl (C=O) groups is 2. The highest BCUT2D eigenvalue weighted by molar-refractivity contribution is 5.91. The summed E-state index contributed by atoms with van der Waals surface area (Å²) < 4.78 is 4.59. The van der Waals surface area contributed by atoms with Crippen LogP contribution >= 0.6 is 0 Å². The molecule has 0 aliphatic rings. The van der Waals surface area contributed by atoms with Crippen LogP contribution in [0.5, 0.6) is 0 Å². The van der Waals surface area contributed by atoms with E-state index in [9.17, 15) is 9.59 Å². The minimum absolute atomic E-state index is 0.0978. The number of ether oxygens (including phenoxy) is 1. The van der Waals surface area contributed by atoms with Crippen molar-refractivity contribution in [3.05, 3.63) is 35.4 Å². The van der Waals surface area contributed by atoms with Crippen molar-refractivity contribution in [2.24, 2.45) is 5.73 Å². The van der Waals surface area contributed by atoms with E-state index in [1.54, 1.807) is 24.3 Å². The van der Waals surface area contributed by atoms with Crippen LogP contribution in [0, 0.1) is 0 Å². The Morgan fingerprint density at radius 2 is 2.06 bits per heavy atom. The molecule has 0 spiro atoms. The van der Waals surface area contributed by atoms with Crippen LogP contribution < -0.4 is 5.73 Å². The van der Waals surface area contributed by atoms with Crippen molar-refractivity contribution < 1.29 is 19.4 Å². The molecule has 0 saturated heterocycles. The van der Waals surface area contributed by atoms with Crippen molar-refractivity contribution in [1.82, 2.24) is 0 Å². The van der Waals surface area contributed by atoms with Crippen LogP contribution in [-0.2, 0) is 16.0 Å². The molecule has 5 heteroatoms. The molecule has 0 aromatic heterocycles. The van der Waals surface area contributed by atoms with Gasteiger partial charge < -0.3 is 15.6 Å². The number of benzene rings is 1. The summed E-state index contributed by atoms with van der Waals surface area (Å²) in [5.41, 5.74) is 6.33. The van der Waals surface area contributed by atoms with Crippen LogP contribution in [0.25, 0.3) is 0 Å². The zero-order chi connectivity index (χ0) is 12.1.